The molecule has 2 aromatic rings. The second-order valence-electron chi connectivity index (χ2n) is 4.47. The molecule has 0 radical (unpaired) electrons. The Labute approximate surface area is 122 Å². The third kappa shape index (κ3) is 3.55. The lowest BCUT2D eigenvalue weighted by molar-refractivity contribution is 0.863. The van der Waals surface area contributed by atoms with Gasteiger partial charge in [-0.2, -0.15) is 0 Å². The third-order valence-corrected chi connectivity index (χ3v) is 3.94. The van der Waals surface area contributed by atoms with E-state index >= 15 is 0 Å². The minimum absolute atomic E-state index is 0.538. The highest BCUT2D eigenvalue weighted by atomic mass is 79.9. The van der Waals surface area contributed by atoms with E-state index in [0.717, 1.165) is 23.0 Å². The van der Waals surface area contributed by atoms with Crippen molar-refractivity contribution in [2.45, 2.75) is 13.0 Å². The van der Waals surface area contributed by atoms with Gasteiger partial charge in [-0.25, -0.2) is 0 Å². The second-order valence-corrected chi connectivity index (χ2v) is 5.32. The molecule has 1 aromatic heterocycles. The molecule has 0 saturated carbocycles. The monoisotopic (exact) mass is 319 g/mol. The van der Waals surface area contributed by atoms with Crippen LogP contribution in [0.4, 0.5) is 5.69 Å². The van der Waals surface area contributed by atoms with Gasteiger partial charge in [-0.1, -0.05) is 22.0 Å². The van der Waals surface area contributed by atoms with Gasteiger partial charge in [-0.15, -0.1) is 0 Å². The molecule has 0 bridgehead atoms. The molecular weight excluding hydrogens is 302 g/mol. The summed E-state index contributed by atoms with van der Waals surface area (Å²) in [7, 11) is 2.10. The van der Waals surface area contributed by atoms with Gasteiger partial charge in [0.15, 0.2) is 0 Å². The number of benzene rings is 1. The zero-order chi connectivity index (χ0) is 13.7. The lowest BCUT2D eigenvalue weighted by atomic mass is 10.1. The molecule has 0 amide bonds. The predicted octanol–water partition coefficient (Wildman–Crippen LogP) is 2.98. The Hall–Kier alpha value is -1.39. The summed E-state index contributed by atoms with van der Waals surface area (Å²) in [5, 5.41) is 0. The van der Waals surface area contributed by atoms with Crippen LogP contribution < -0.4 is 10.6 Å². The van der Waals surface area contributed by atoms with Gasteiger partial charge in [0, 0.05) is 48.3 Å². The fraction of sp³-hybridized carbons (Fsp3) is 0.267. The highest BCUT2D eigenvalue weighted by molar-refractivity contribution is 9.10. The molecule has 2 N–H and O–H groups in total. The minimum atomic E-state index is 0.538. The zero-order valence-corrected chi connectivity index (χ0v) is 12.6. The van der Waals surface area contributed by atoms with Crippen molar-refractivity contribution in [3.63, 3.8) is 0 Å². The van der Waals surface area contributed by atoms with Crippen LogP contribution in [0.5, 0.6) is 0 Å². The van der Waals surface area contributed by atoms with Crippen LogP contribution in [0.2, 0.25) is 0 Å². The predicted molar refractivity (Wildman–Crippen MR) is 83.2 cm³/mol. The summed E-state index contributed by atoms with van der Waals surface area (Å²) >= 11 is 3.56. The van der Waals surface area contributed by atoms with E-state index in [1.165, 1.54) is 11.3 Å². The highest BCUT2D eigenvalue weighted by Gasteiger charge is 2.09. The van der Waals surface area contributed by atoms with E-state index in [4.69, 9.17) is 5.73 Å². The Morgan fingerprint density at radius 1 is 1.21 bits per heavy atom. The molecule has 0 atom stereocenters. The number of aromatic nitrogens is 1. The highest BCUT2D eigenvalue weighted by Crippen LogP contribution is 2.26. The van der Waals surface area contributed by atoms with Crippen molar-refractivity contribution in [2.75, 3.05) is 18.5 Å². The van der Waals surface area contributed by atoms with Crippen LogP contribution >= 0.6 is 15.9 Å². The lowest BCUT2D eigenvalue weighted by Gasteiger charge is -2.23. The van der Waals surface area contributed by atoms with Gasteiger partial charge < -0.3 is 10.6 Å². The number of nitrogens with zero attached hydrogens (tertiary/aromatic N) is 2. The maximum absolute atomic E-state index is 5.83. The molecule has 1 heterocycles. The Kier molecular flexibility index (Phi) is 4.93. The maximum Gasteiger partial charge on any atom is 0.0420 e. The van der Waals surface area contributed by atoms with Gasteiger partial charge in [0.1, 0.15) is 0 Å². The number of rotatable bonds is 5. The van der Waals surface area contributed by atoms with Crippen molar-refractivity contribution in [2.24, 2.45) is 5.73 Å². The summed E-state index contributed by atoms with van der Waals surface area (Å²) in [6, 6.07) is 10.3. The number of halogens is 1. The van der Waals surface area contributed by atoms with Crippen molar-refractivity contribution >= 4 is 21.6 Å². The van der Waals surface area contributed by atoms with E-state index in [2.05, 4.69) is 51.1 Å². The molecule has 0 aliphatic carbocycles. The summed E-state index contributed by atoms with van der Waals surface area (Å²) < 4.78 is 1.07. The Balaban J connectivity index is 2.08. The molecule has 1 aromatic carbocycles. The van der Waals surface area contributed by atoms with Gasteiger partial charge in [0.2, 0.25) is 0 Å². The fourth-order valence-corrected chi connectivity index (χ4v) is 2.59. The van der Waals surface area contributed by atoms with Crippen molar-refractivity contribution in [1.82, 2.24) is 4.98 Å². The lowest BCUT2D eigenvalue weighted by Crippen LogP contribution is -2.22. The average molecular weight is 320 g/mol. The largest absolute Gasteiger partial charge is 0.374 e. The maximum atomic E-state index is 5.83. The Morgan fingerprint density at radius 3 is 2.63 bits per heavy atom. The molecule has 0 fully saturated rings. The molecule has 19 heavy (non-hydrogen) atoms. The molecule has 3 nitrogen and oxygen atoms in total. The first-order chi connectivity index (χ1) is 9.22. The summed E-state index contributed by atoms with van der Waals surface area (Å²) in [6.45, 7) is 1.49. The molecule has 0 unspecified atom stereocenters. The van der Waals surface area contributed by atoms with E-state index < -0.39 is 0 Å². The molecule has 0 aliphatic heterocycles. The van der Waals surface area contributed by atoms with Gasteiger partial charge in [-0.3, -0.25) is 4.98 Å². The molecular formula is C15H18BrN3. The van der Waals surface area contributed by atoms with Gasteiger partial charge >= 0.3 is 0 Å². The fourth-order valence-electron chi connectivity index (χ4n) is 2.07. The average Bonchev–Trinajstić information content (AvgIpc) is 2.45. The quantitative estimate of drug-likeness (QED) is 0.921. The second kappa shape index (κ2) is 6.68. The number of nitrogens with two attached hydrogens (primary N) is 1. The molecule has 100 valence electrons. The smallest absolute Gasteiger partial charge is 0.0420 e. The van der Waals surface area contributed by atoms with Crippen LogP contribution in [0.25, 0.3) is 0 Å². The first-order valence-electron chi connectivity index (χ1n) is 6.30. The van der Waals surface area contributed by atoms with Crippen molar-refractivity contribution < 1.29 is 0 Å². The summed E-state index contributed by atoms with van der Waals surface area (Å²) in [5.41, 5.74) is 9.47. The van der Waals surface area contributed by atoms with E-state index in [1.807, 2.05) is 24.5 Å². The SMILES string of the molecule is CN(CCc1ccncc1)c1cccc(Br)c1CN. The molecule has 2 rings (SSSR count). The van der Waals surface area contributed by atoms with Crippen molar-refractivity contribution in [3.8, 4) is 0 Å². The Morgan fingerprint density at radius 2 is 1.95 bits per heavy atom. The van der Waals surface area contributed by atoms with Crippen LogP contribution in [-0.2, 0) is 13.0 Å². The number of anilines is 1. The van der Waals surface area contributed by atoms with E-state index in [1.54, 1.807) is 0 Å². The topological polar surface area (TPSA) is 42.2 Å². The van der Waals surface area contributed by atoms with Crippen LogP contribution in [0.1, 0.15) is 11.1 Å². The normalized spacial score (nSPS) is 10.5. The van der Waals surface area contributed by atoms with E-state index in [0.29, 0.717) is 6.54 Å². The minimum Gasteiger partial charge on any atom is -0.374 e. The van der Waals surface area contributed by atoms with Crippen LogP contribution in [0, 0.1) is 0 Å². The van der Waals surface area contributed by atoms with Gasteiger partial charge in [0.05, 0.1) is 0 Å². The van der Waals surface area contributed by atoms with Gasteiger partial charge in [0.25, 0.3) is 0 Å². The first-order valence-corrected chi connectivity index (χ1v) is 7.09. The van der Waals surface area contributed by atoms with E-state index in [-0.39, 0.29) is 0 Å². The molecule has 4 heteroatoms. The third-order valence-electron chi connectivity index (χ3n) is 3.19. The standard InChI is InChI=1S/C15H18BrN3/c1-19(10-7-12-5-8-18-9-6-12)15-4-2-3-14(16)13(15)11-17/h2-6,8-9H,7,10-11,17H2,1H3. The number of likely N-dealkylation sites (N-methyl/N-ethyl adjacent to an activating group) is 1. The van der Waals surface area contributed by atoms with Crippen molar-refractivity contribution in [1.29, 1.82) is 0 Å². The summed E-state index contributed by atoms with van der Waals surface area (Å²) in [5.74, 6) is 0. The number of hydrogen-bond donors (Lipinski definition) is 1. The van der Waals surface area contributed by atoms with E-state index in [9.17, 15) is 0 Å². The summed E-state index contributed by atoms with van der Waals surface area (Å²) in [6.07, 6.45) is 4.66. The molecule has 0 saturated heterocycles. The number of pyridine rings is 1. The van der Waals surface area contributed by atoms with Gasteiger partial charge in [-0.05, 0) is 36.2 Å². The van der Waals surface area contributed by atoms with Crippen LogP contribution in [0.15, 0.2) is 47.2 Å². The zero-order valence-electron chi connectivity index (χ0n) is 11.0. The van der Waals surface area contributed by atoms with Crippen LogP contribution in [-0.4, -0.2) is 18.6 Å². The Bertz CT molecular complexity index is 528. The molecule has 0 aliphatic rings. The van der Waals surface area contributed by atoms with Crippen molar-refractivity contribution in [3.05, 3.63) is 58.3 Å². The number of hydrogen-bond acceptors (Lipinski definition) is 3. The summed E-state index contributed by atoms with van der Waals surface area (Å²) in [4.78, 5) is 6.28. The van der Waals surface area contributed by atoms with Crippen LogP contribution in [0.3, 0.4) is 0 Å². The first kappa shape index (κ1) is 14.0. The molecule has 0 spiro atoms.